The van der Waals surface area contributed by atoms with Crippen LogP contribution in [0.4, 0.5) is 0 Å². The number of hydrogen-bond donors (Lipinski definition) is 2. The Hall–Kier alpha value is -0.0400. The number of halogens is 1. The van der Waals surface area contributed by atoms with Gasteiger partial charge in [-0.2, -0.15) is 0 Å². The second kappa shape index (κ2) is 10.7. The van der Waals surface area contributed by atoms with Crippen LogP contribution in [0.25, 0.3) is 0 Å². The van der Waals surface area contributed by atoms with Gasteiger partial charge in [0.25, 0.3) is 0 Å². The minimum Gasteiger partial charge on any atom is -0.355 e. The smallest absolute Gasteiger partial charge is 0.191 e. The number of aliphatic imine (C=N–C) groups is 1. The first-order chi connectivity index (χ1) is 10.2. The molecule has 1 unspecified atom stereocenters. The lowest BCUT2D eigenvalue weighted by Crippen LogP contribution is -2.50. The van der Waals surface area contributed by atoms with Crippen molar-refractivity contribution in [3.63, 3.8) is 0 Å². The molecule has 0 radical (unpaired) electrons. The van der Waals surface area contributed by atoms with E-state index in [0.29, 0.717) is 12.1 Å². The Labute approximate surface area is 153 Å². The first-order valence-corrected chi connectivity index (χ1v) is 8.90. The fourth-order valence-corrected chi connectivity index (χ4v) is 3.48. The second-order valence-corrected chi connectivity index (χ2v) is 7.00. The van der Waals surface area contributed by atoms with E-state index in [2.05, 4.69) is 34.4 Å². The van der Waals surface area contributed by atoms with Crippen LogP contribution in [0.15, 0.2) is 4.99 Å². The fourth-order valence-electron chi connectivity index (χ4n) is 3.48. The molecule has 2 fully saturated rings. The average Bonchev–Trinajstić information content (AvgIpc) is 2.52. The van der Waals surface area contributed by atoms with Crippen LogP contribution in [0.3, 0.4) is 0 Å². The molecular weight excluding hydrogens is 387 g/mol. The molecule has 1 heterocycles. The predicted octanol–water partition coefficient (Wildman–Crippen LogP) is 3.22. The van der Waals surface area contributed by atoms with Crippen LogP contribution in [0, 0.1) is 5.92 Å². The molecule has 2 N–H and O–H groups in total. The molecule has 2 aliphatic rings. The van der Waals surface area contributed by atoms with E-state index >= 15 is 0 Å². The molecule has 130 valence electrons. The molecular formula is C17H35IN4. The van der Waals surface area contributed by atoms with Gasteiger partial charge in [0.2, 0.25) is 0 Å². The standard InChI is InChI=1S/C17H34N4.HI/c1-14-9-11-21(12-10-14)15(2)13-19-17(18-3)20-16-7-5-4-6-8-16;/h14-16H,4-13H2,1-3H3,(H2,18,19,20);1H. The van der Waals surface area contributed by atoms with E-state index < -0.39 is 0 Å². The van der Waals surface area contributed by atoms with Gasteiger partial charge in [0.15, 0.2) is 5.96 Å². The summed E-state index contributed by atoms with van der Waals surface area (Å²) in [5, 5.41) is 7.11. The maximum absolute atomic E-state index is 4.39. The summed E-state index contributed by atoms with van der Waals surface area (Å²) in [4.78, 5) is 7.00. The number of guanidine groups is 1. The number of rotatable bonds is 4. The maximum atomic E-state index is 4.39. The molecule has 0 aromatic rings. The summed E-state index contributed by atoms with van der Waals surface area (Å²) in [5.74, 6) is 1.89. The van der Waals surface area contributed by atoms with E-state index in [-0.39, 0.29) is 24.0 Å². The van der Waals surface area contributed by atoms with E-state index in [1.165, 1.54) is 58.0 Å². The molecule has 2 rings (SSSR count). The normalized spacial score (nSPS) is 23.7. The Morgan fingerprint density at radius 2 is 1.77 bits per heavy atom. The Kier molecular flexibility index (Phi) is 9.71. The molecule has 22 heavy (non-hydrogen) atoms. The monoisotopic (exact) mass is 422 g/mol. The number of likely N-dealkylation sites (tertiary alicyclic amines) is 1. The van der Waals surface area contributed by atoms with Crippen molar-refractivity contribution in [2.24, 2.45) is 10.9 Å². The third-order valence-electron chi connectivity index (χ3n) is 5.18. The summed E-state index contributed by atoms with van der Waals surface area (Å²) >= 11 is 0. The van der Waals surface area contributed by atoms with Gasteiger partial charge in [-0.1, -0.05) is 26.2 Å². The average molecular weight is 422 g/mol. The van der Waals surface area contributed by atoms with Crippen molar-refractivity contribution in [2.45, 2.75) is 70.9 Å². The van der Waals surface area contributed by atoms with Crippen molar-refractivity contribution in [1.82, 2.24) is 15.5 Å². The highest BCUT2D eigenvalue weighted by Crippen LogP contribution is 2.18. The summed E-state index contributed by atoms with van der Waals surface area (Å²) in [6, 6.07) is 1.21. The first kappa shape index (κ1) is 20.0. The minimum absolute atomic E-state index is 0. The number of hydrogen-bond acceptors (Lipinski definition) is 2. The van der Waals surface area contributed by atoms with Crippen LogP contribution in [-0.4, -0.2) is 49.6 Å². The van der Waals surface area contributed by atoms with Crippen LogP contribution < -0.4 is 10.6 Å². The topological polar surface area (TPSA) is 39.7 Å². The van der Waals surface area contributed by atoms with Gasteiger partial charge in [-0.15, -0.1) is 24.0 Å². The molecule has 0 aromatic carbocycles. The molecule has 1 atom stereocenters. The van der Waals surface area contributed by atoms with Crippen LogP contribution in [0.2, 0.25) is 0 Å². The van der Waals surface area contributed by atoms with Gasteiger partial charge in [0.05, 0.1) is 0 Å². The molecule has 0 aromatic heterocycles. The predicted molar refractivity (Wildman–Crippen MR) is 106 cm³/mol. The molecule has 4 nitrogen and oxygen atoms in total. The molecule has 1 aliphatic carbocycles. The largest absolute Gasteiger partial charge is 0.355 e. The fraction of sp³-hybridized carbons (Fsp3) is 0.941. The van der Waals surface area contributed by atoms with Crippen LogP contribution in [-0.2, 0) is 0 Å². The molecule has 1 saturated carbocycles. The van der Waals surface area contributed by atoms with Gasteiger partial charge in [0.1, 0.15) is 0 Å². The Morgan fingerprint density at radius 1 is 1.14 bits per heavy atom. The summed E-state index contributed by atoms with van der Waals surface area (Å²) in [6.07, 6.45) is 9.39. The molecule has 0 amide bonds. The quantitative estimate of drug-likeness (QED) is 0.415. The lowest BCUT2D eigenvalue weighted by Gasteiger charge is -2.35. The van der Waals surface area contributed by atoms with Gasteiger partial charge in [-0.25, -0.2) is 0 Å². The lowest BCUT2D eigenvalue weighted by atomic mass is 9.96. The van der Waals surface area contributed by atoms with E-state index in [4.69, 9.17) is 0 Å². The lowest BCUT2D eigenvalue weighted by molar-refractivity contribution is 0.147. The van der Waals surface area contributed by atoms with Gasteiger partial charge in [-0.3, -0.25) is 9.89 Å². The molecule has 0 spiro atoms. The number of nitrogens with one attached hydrogen (secondary N) is 2. The van der Waals surface area contributed by atoms with Crippen molar-refractivity contribution >= 4 is 29.9 Å². The molecule has 5 heteroatoms. The second-order valence-electron chi connectivity index (χ2n) is 7.00. The molecule has 1 saturated heterocycles. The molecule has 1 aliphatic heterocycles. The zero-order valence-electron chi connectivity index (χ0n) is 14.6. The van der Waals surface area contributed by atoms with Crippen molar-refractivity contribution in [2.75, 3.05) is 26.7 Å². The third-order valence-corrected chi connectivity index (χ3v) is 5.18. The highest BCUT2D eigenvalue weighted by molar-refractivity contribution is 14.0. The third kappa shape index (κ3) is 6.60. The van der Waals surface area contributed by atoms with Crippen molar-refractivity contribution in [3.8, 4) is 0 Å². The minimum atomic E-state index is 0. The number of piperidine rings is 1. The maximum Gasteiger partial charge on any atom is 0.191 e. The zero-order valence-corrected chi connectivity index (χ0v) is 16.9. The summed E-state index contributed by atoms with van der Waals surface area (Å²) in [7, 11) is 1.88. The molecule has 0 bridgehead atoms. The zero-order chi connectivity index (χ0) is 15.1. The van der Waals surface area contributed by atoms with Gasteiger partial charge in [-0.05, 0) is 51.6 Å². The van der Waals surface area contributed by atoms with Gasteiger partial charge in [0, 0.05) is 25.7 Å². The van der Waals surface area contributed by atoms with Crippen molar-refractivity contribution in [3.05, 3.63) is 0 Å². The summed E-state index contributed by atoms with van der Waals surface area (Å²) in [6.45, 7) is 8.19. The highest BCUT2D eigenvalue weighted by Gasteiger charge is 2.20. The van der Waals surface area contributed by atoms with E-state index in [9.17, 15) is 0 Å². The summed E-state index contributed by atoms with van der Waals surface area (Å²) in [5.41, 5.74) is 0. The van der Waals surface area contributed by atoms with Crippen LogP contribution in [0.1, 0.15) is 58.8 Å². The van der Waals surface area contributed by atoms with Crippen molar-refractivity contribution in [1.29, 1.82) is 0 Å². The van der Waals surface area contributed by atoms with Gasteiger partial charge >= 0.3 is 0 Å². The van der Waals surface area contributed by atoms with Gasteiger partial charge < -0.3 is 10.6 Å². The SMILES string of the molecule is CN=C(NCC(C)N1CCC(C)CC1)NC1CCCCC1.I. The summed E-state index contributed by atoms with van der Waals surface area (Å²) < 4.78 is 0. The van der Waals surface area contributed by atoms with Crippen LogP contribution >= 0.6 is 24.0 Å². The van der Waals surface area contributed by atoms with Crippen molar-refractivity contribution < 1.29 is 0 Å². The Morgan fingerprint density at radius 3 is 2.36 bits per heavy atom. The van der Waals surface area contributed by atoms with E-state index in [1.807, 2.05) is 7.05 Å². The van der Waals surface area contributed by atoms with E-state index in [1.54, 1.807) is 0 Å². The first-order valence-electron chi connectivity index (χ1n) is 8.90. The Balaban J connectivity index is 0.00000242. The number of nitrogens with zero attached hydrogens (tertiary/aromatic N) is 2. The Bertz CT molecular complexity index is 321. The van der Waals surface area contributed by atoms with E-state index in [0.717, 1.165) is 18.4 Å². The highest BCUT2D eigenvalue weighted by atomic mass is 127. The van der Waals surface area contributed by atoms with Crippen LogP contribution in [0.5, 0.6) is 0 Å².